The molecule has 112 valence electrons. The second-order valence-electron chi connectivity index (χ2n) is 5.45. The SMILES string of the molecule is CCNC(c1ccc(Cl)cc1C)c1cc(C)c(Cl)cc1C. The fourth-order valence-corrected chi connectivity index (χ4v) is 3.11. The van der Waals surface area contributed by atoms with E-state index >= 15 is 0 Å². The summed E-state index contributed by atoms with van der Waals surface area (Å²) < 4.78 is 0. The topological polar surface area (TPSA) is 12.0 Å². The Morgan fingerprint density at radius 3 is 2.19 bits per heavy atom. The van der Waals surface area contributed by atoms with Gasteiger partial charge in [-0.1, -0.05) is 42.3 Å². The molecule has 1 atom stereocenters. The van der Waals surface area contributed by atoms with E-state index in [1.165, 1.54) is 22.3 Å². The molecule has 2 aromatic carbocycles. The third-order valence-electron chi connectivity index (χ3n) is 3.81. The number of benzene rings is 2. The van der Waals surface area contributed by atoms with Crippen LogP contribution in [0.4, 0.5) is 0 Å². The average Bonchev–Trinajstić information content (AvgIpc) is 2.41. The van der Waals surface area contributed by atoms with Crippen LogP contribution in [0.15, 0.2) is 30.3 Å². The molecule has 1 nitrogen and oxygen atoms in total. The van der Waals surface area contributed by atoms with E-state index in [0.29, 0.717) is 0 Å². The molecule has 0 aliphatic rings. The van der Waals surface area contributed by atoms with Gasteiger partial charge in [-0.15, -0.1) is 0 Å². The van der Waals surface area contributed by atoms with Gasteiger partial charge < -0.3 is 5.32 Å². The Hall–Kier alpha value is -1.02. The molecule has 3 heteroatoms. The average molecular weight is 322 g/mol. The minimum atomic E-state index is 0.156. The van der Waals surface area contributed by atoms with Gasteiger partial charge in [0, 0.05) is 10.0 Å². The zero-order chi connectivity index (χ0) is 15.6. The van der Waals surface area contributed by atoms with E-state index in [9.17, 15) is 0 Å². The van der Waals surface area contributed by atoms with Gasteiger partial charge in [-0.2, -0.15) is 0 Å². The molecular formula is C18H21Cl2N. The van der Waals surface area contributed by atoms with Gasteiger partial charge >= 0.3 is 0 Å². The van der Waals surface area contributed by atoms with Crippen LogP contribution >= 0.6 is 23.2 Å². The first-order valence-corrected chi connectivity index (χ1v) is 7.95. The van der Waals surface area contributed by atoms with E-state index < -0.39 is 0 Å². The lowest BCUT2D eigenvalue weighted by Crippen LogP contribution is -2.23. The lowest BCUT2D eigenvalue weighted by atomic mass is 9.91. The van der Waals surface area contributed by atoms with Gasteiger partial charge in [-0.3, -0.25) is 0 Å². The summed E-state index contributed by atoms with van der Waals surface area (Å²) in [6.07, 6.45) is 0. The zero-order valence-electron chi connectivity index (χ0n) is 12.9. The van der Waals surface area contributed by atoms with Crippen molar-refractivity contribution in [1.82, 2.24) is 5.32 Å². The zero-order valence-corrected chi connectivity index (χ0v) is 14.4. The van der Waals surface area contributed by atoms with Gasteiger partial charge in [0.2, 0.25) is 0 Å². The summed E-state index contributed by atoms with van der Waals surface area (Å²) in [5, 5.41) is 5.17. The Morgan fingerprint density at radius 2 is 1.57 bits per heavy atom. The van der Waals surface area contributed by atoms with Crippen molar-refractivity contribution in [2.24, 2.45) is 0 Å². The molecule has 0 amide bonds. The molecule has 0 saturated heterocycles. The van der Waals surface area contributed by atoms with Crippen molar-refractivity contribution in [2.75, 3.05) is 6.54 Å². The molecule has 0 bridgehead atoms. The molecule has 0 aliphatic heterocycles. The monoisotopic (exact) mass is 321 g/mol. The van der Waals surface area contributed by atoms with Crippen molar-refractivity contribution in [1.29, 1.82) is 0 Å². The molecule has 2 rings (SSSR count). The first-order chi connectivity index (χ1) is 9.93. The molecule has 0 radical (unpaired) electrons. The Morgan fingerprint density at radius 1 is 0.905 bits per heavy atom. The Balaban J connectivity index is 2.55. The van der Waals surface area contributed by atoms with Crippen LogP contribution in [0.1, 0.15) is 40.8 Å². The highest BCUT2D eigenvalue weighted by molar-refractivity contribution is 6.31. The first kappa shape index (κ1) is 16.4. The highest BCUT2D eigenvalue weighted by atomic mass is 35.5. The standard InChI is InChI=1S/C18H21Cl2N/c1-5-21-18(15-7-6-14(19)8-11(15)2)16-9-13(4)17(20)10-12(16)3/h6-10,18,21H,5H2,1-4H3. The fourth-order valence-electron chi connectivity index (χ4n) is 2.67. The lowest BCUT2D eigenvalue weighted by Gasteiger charge is -2.23. The normalized spacial score (nSPS) is 12.5. The van der Waals surface area contributed by atoms with Crippen LogP contribution in [0.5, 0.6) is 0 Å². The molecule has 1 unspecified atom stereocenters. The van der Waals surface area contributed by atoms with Crippen molar-refractivity contribution in [3.63, 3.8) is 0 Å². The summed E-state index contributed by atoms with van der Waals surface area (Å²) in [6, 6.07) is 10.4. The molecule has 0 fully saturated rings. The summed E-state index contributed by atoms with van der Waals surface area (Å²) in [5.41, 5.74) is 6.02. The van der Waals surface area contributed by atoms with Crippen LogP contribution in [0.2, 0.25) is 10.0 Å². The summed E-state index contributed by atoms with van der Waals surface area (Å²) in [5.74, 6) is 0. The van der Waals surface area contributed by atoms with Crippen molar-refractivity contribution < 1.29 is 0 Å². The minimum absolute atomic E-state index is 0.156. The predicted octanol–water partition coefficient (Wildman–Crippen LogP) is 5.62. The van der Waals surface area contributed by atoms with Crippen LogP contribution < -0.4 is 5.32 Å². The van der Waals surface area contributed by atoms with Crippen molar-refractivity contribution in [3.05, 3.63) is 68.2 Å². The van der Waals surface area contributed by atoms with E-state index in [1.807, 2.05) is 25.1 Å². The maximum Gasteiger partial charge on any atom is 0.0581 e. The Bertz CT molecular complexity index is 650. The number of hydrogen-bond donors (Lipinski definition) is 1. The maximum absolute atomic E-state index is 6.23. The smallest absolute Gasteiger partial charge is 0.0581 e. The Kier molecular flexibility index (Phi) is 5.32. The first-order valence-electron chi connectivity index (χ1n) is 7.20. The summed E-state index contributed by atoms with van der Waals surface area (Å²) in [4.78, 5) is 0. The fraction of sp³-hybridized carbons (Fsp3) is 0.333. The van der Waals surface area contributed by atoms with Gasteiger partial charge in [0.15, 0.2) is 0 Å². The van der Waals surface area contributed by atoms with E-state index in [1.54, 1.807) is 0 Å². The van der Waals surface area contributed by atoms with E-state index in [4.69, 9.17) is 23.2 Å². The third kappa shape index (κ3) is 3.60. The van der Waals surface area contributed by atoms with Crippen LogP contribution in [0.3, 0.4) is 0 Å². The maximum atomic E-state index is 6.23. The van der Waals surface area contributed by atoms with Crippen LogP contribution in [0, 0.1) is 20.8 Å². The molecule has 0 heterocycles. The molecule has 2 aromatic rings. The molecular weight excluding hydrogens is 301 g/mol. The number of nitrogens with one attached hydrogen (secondary N) is 1. The molecule has 21 heavy (non-hydrogen) atoms. The Labute approximate surface area is 137 Å². The van der Waals surface area contributed by atoms with Crippen molar-refractivity contribution in [3.8, 4) is 0 Å². The second kappa shape index (κ2) is 6.83. The van der Waals surface area contributed by atoms with Crippen LogP contribution in [0.25, 0.3) is 0 Å². The highest BCUT2D eigenvalue weighted by Crippen LogP contribution is 2.31. The number of halogens is 2. The van der Waals surface area contributed by atoms with Crippen LogP contribution in [-0.2, 0) is 0 Å². The number of rotatable bonds is 4. The lowest BCUT2D eigenvalue weighted by molar-refractivity contribution is 0.624. The predicted molar refractivity (Wildman–Crippen MR) is 92.6 cm³/mol. The van der Waals surface area contributed by atoms with Gasteiger partial charge in [0.1, 0.15) is 0 Å². The van der Waals surface area contributed by atoms with E-state index in [0.717, 1.165) is 22.2 Å². The van der Waals surface area contributed by atoms with Gasteiger partial charge in [0.25, 0.3) is 0 Å². The summed E-state index contributed by atoms with van der Waals surface area (Å²) >= 11 is 12.3. The van der Waals surface area contributed by atoms with Gasteiger partial charge in [-0.25, -0.2) is 0 Å². The quantitative estimate of drug-likeness (QED) is 0.770. The highest BCUT2D eigenvalue weighted by Gasteiger charge is 2.18. The number of hydrogen-bond acceptors (Lipinski definition) is 1. The molecule has 0 saturated carbocycles. The van der Waals surface area contributed by atoms with E-state index in [2.05, 4.69) is 38.2 Å². The summed E-state index contributed by atoms with van der Waals surface area (Å²) in [6.45, 7) is 9.27. The van der Waals surface area contributed by atoms with Crippen molar-refractivity contribution >= 4 is 23.2 Å². The number of aryl methyl sites for hydroxylation is 3. The molecule has 0 spiro atoms. The van der Waals surface area contributed by atoms with E-state index in [-0.39, 0.29) is 6.04 Å². The molecule has 1 N–H and O–H groups in total. The molecule has 0 aromatic heterocycles. The minimum Gasteiger partial charge on any atom is -0.307 e. The summed E-state index contributed by atoms with van der Waals surface area (Å²) in [7, 11) is 0. The van der Waals surface area contributed by atoms with Gasteiger partial charge in [0.05, 0.1) is 6.04 Å². The van der Waals surface area contributed by atoms with Crippen LogP contribution in [-0.4, -0.2) is 6.54 Å². The second-order valence-corrected chi connectivity index (χ2v) is 6.29. The van der Waals surface area contributed by atoms with Crippen molar-refractivity contribution in [2.45, 2.75) is 33.7 Å². The largest absolute Gasteiger partial charge is 0.307 e. The third-order valence-corrected chi connectivity index (χ3v) is 4.45. The molecule has 0 aliphatic carbocycles. The van der Waals surface area contributed by atoms with Gasteiger partial charge in [-0.05, 0) is 73.3 Å².